The lowest BCUT2D eigenvalue weighted by atomic mass is 9.76. The van der Waals surface area contributed by atoms with Crippen molar-refractivity contribution in [1.29, 1.82) is 0 Å². The first kappa shape index (κ1) is 16.4. The third-order valence-electron chi connectivity index (χ3n) is 3.84. The predicted molar refractivity (Wildman–Crippen MR) is 77.2 cm³/mol. The molecule has 1 fully saturated rings. The van der Waals surface area contributed by atoms with Crippen molar-refractivity contribution in [2.45, 2.75) is 64.0 Å². The highest BCUT2D eigenvalue weighted by Crippen LogP contribution is 2.32. The molecule has 1 rings (SSSR count). The first-order chi connectivity index (χ1) is 9.43. The maximum Gasteiger partial charge on any atom is 0.329 e. The fraction of sp³-hybridized carbons (Fsp3) is 0.733. The maximum absolute atomic E-state index is 12.0. The molecule has 0 spiro atoms. The number of aliphatic carboxylic acids is 1. The number of carboxylic acids is 1. The van der Waals surface area contributed by atoms with Crippen LogP contribution in [-0.4, -0.2) is 28.7 Å². The molecule has 3 atom stereocenters. The van der Waals surface area contributed by atoms with Crippen LogP contribution in [0.5, 0.6) is 0 Å². The first-order valence-electron chi connectivity index (χ1n) is 7.21. The molecule has 0 saturated heterocycles. The smallest absolute Gasteiger partial charge is 0.329 e. The van der Waals surface area contributed by atoms with E-state index in [1.54, 1.807) is 0 Å². The van der Waals surface area contributed by atoms with Crippen LogP contribution in [0.15, 0.2) is 0 Å². The van der Waals surface area contributed by atoms with Gasteiger partial charge in [0.15, 0.2) is 0 Å². The van der Waals surface area contributed by atoms with E-state index in [4.69, 9.17) is 6.42 Å². The minimum atomic E-state index is -1.16. The van der Waals surface area contributed by atoms with Gasteiger partial charge in [-0.05, 0) is 25.2 Å². The molecule has 5 heteroatoms. The van der Waals surface area contributed by atoms with Gasteiger partial charge < -0.3 is 15.7 Å². The third kappa shape index (κ3) is 4.16. The molecule has 1 saturated carbocycles. The molecule has 3 N–H and O–H groups in total. The van der Waals surface area contributed by atoms with E-state index in [9.17, 15) is 14.7 Å². The Kier molecular flexibility index (Phi) is 5.87. The molecule has 0 bridgehead atoms. The number of hydrogen-bond donors (Lipinski definition) is 3. The van der Waals surface area contributed by atoms with Crippen molar-refractivity contribution in [3.05, 3.63) is 0 Å². The van der Waals surface area contributed by atoms with Crippen LogP contribution in [-0.2, 0) is 4.79 Å². The van der Waals surface area contributed by atoms with E-state index in [1.165, 1.54) is 0 Å². The Hall–Kier alpha value is -1.70. The van der Waals surface area contributed by atoms with Gasteiger partial charge in [0.1, 0.15) is 5.54 Å². The van der Waals surface area contributed by atoms with Gasteiger partial charge in [-0.2, -0.15) is 0 Å². The van der Waals surface area contributed by atoms with Gasteiger partial charge in [-0.25, -0.2) is 9.59 Å². The van der Waals surface area contributed by atoms with Gasteiger partial charge in [-0.15, -0.1) is 6.42 Å². The van der Waals surface area contributed by atoms with Crippen molar-refractivity contribution < 1.29 is 14.7 Å². The van der Waals surface area contributed by atoms with Gasteiger partial charge >= 0.3 is 12.0 Å². The van der Waals surface area contributed by atoms with E-state index >= 15 is 0 Å². The van der Waals surface area contributed by atoms with Gasteiger partial charge in [0.25, 0.3) is 0 Å². The van der Waals surface area contributed by atoms with Crippen molar-refractivity contribution in [2.75, 3.05) is 0 Å². The Bertz CT molecular complexity index is 402. The molecule has 0 aromatic heterocycles. The quantitative estimate of drug-likeness (QED) is 0.675. The average molecular weight is 280 g/mol. The van der Waals surface area contributed by atoms with E-state index < -0.39 is 17.5 Å². The molecule has 20 heavy (non-hydrogen) atoms. The Balaban J connectivity index is 2.69. The standard InChI is InChI=1S/C15H24N2O3/c1-4-7-12(5-2)16-14(20)17-15(13(18)19)9-6-8-11(3)10-15/h2,11-12H,4,6-10H2,1,3H3,(H,18,19)(H2,16,17,20). The molecule has 0 aliphatic heterocycles. The second-order valence-electron chi connectivity index (χ2n) is 5.70. The second kappa shape index (κ2) is 7.18. The number of urea groups is 1. The highest BCUT2D eigenvalue weighted by molar-refractivity contribution is 5.86. The monoisotopic (exact) mass is 280 g/mol. The summed E-state index contributed by atoms with van der Waals surface area (Å²) in [6.45, 7) is 3.99. The number of nitrogens with one attached hydrogen (secondary N) is 2. The summed E-state index contributed by atoms with van der Waals surface area (Å²) >= 11 is 0. The molecule has 0 aromatic rings. The van der Waals surface area contributed by atoms with Crippen LogP contribution in [0.4, 0.5) is 4.79 Å². The van der Waals surface area contributed by atoms with Crippen molar-refractivity contribution >= 4 is 12.0 Å². The molecule has 3 unspecified atom stereocenters. The third-order valence-corrected chi connectivity index (χ3v) is 3.84. The molecule has 2 amide bonds. The van der Waals surface area contributed by atoms with Gasteiger partial charge in [-0.1, -0.05) is 39.0 Å². The van der Waals surface area contributed by atoms with Crippen molar-refractivity contribution in [1.82, 2.24) is 10.6 Å². The number of terminal acetylenes is 1. The Morgan fingerprint density at radius 3 is 2.75 bits per heavy atom. The predicted octanol–water partition coefficient (Wildman–Crippen LogP) is 2.12. The van der Waals surface area contributed by atoms with E-state index in [1.807, 2.05) is 13.8 Å². The van der Waals surface area contributed by atoms with Gasteiger partial charge in [0, 0.05) is 0 Å². The van der Waals surface area contributed by atoms with Crippen LogP contribution in [0, 0.1) is 18.3 Å². The summed E-state index contributed by atoms with van der Waals surface area (Å²) < 4.78 is 0. The lowest BCUT2D eigenvalue weighted by molar-refractivity contribution is -0.146. The van der Waals surface area contributed by atoms with Crippen LogP contribution in [0.1, 0.15) is 52.4 Å². The average Bonchev–Trinajstić information content (AvgIpc) is 2.37. The SMILES string of the molecule is C#CC(CCC)NC(=O)NC1(C(=O)O)CCCC(C)C1. The van der Waals surface area contributed by atoms with Gasteiger partial charge in [-0.3, -0.25) is 0 Å². The van der Waals surface area contributed by atoms with Crippen LogP contribution in [0.2, 0.25) is 0 Å². The summed E-state index contributed by atoms with van der Waals surface area (Å²) in [6, 6.07) is -0.843. The topological polar surface area (TPSA) is 78.4 Å². The maximum atomic E-state index is 12.0. The number of rotatable bonds is 5. The number of hydrogen-bond acceptors (Lipinski definition) is 2. The highest BCUT2D eigenvalue weighted by Gasteiger charge is 2.43. The summed E-state index contributed by atoms with van der Waals surface area (Å²) in [5.74, 6) is 1.83. The van der Waals surface area contributed by atoms with Crippen molar-refractivity contribution in [2.24, 2.45) is 5.92 Å². The molecular formula is C15H24N2O3. The van der Waals surface area contributed by atoms with Crippen molar-refractivity contribution in [3.63, 3.8) is 0 Å². The highest BCUT2D eigenvalue weighted by atomic mass is 16.4. The van der Waals surface area contributed by atoms with Crippen LogP contribution < -0.4 is 10.6 Å². The second-order valence-corrected chi connectivity index (χ2v) is 5.70. The summed E-state index contributed by atoms with van der Waals surface area (Å²) in [7, 11) is 0. The summed E-state index contributed by atoms with van der Waals surface area (Å²) in [5.41, 5.74) is -1.16. The minimum Gasteiger partial charge on any atom is -0.480 e. The lowest BCUT2D eigenvalue weighted by Gasteiger charge is -2.37. The zero-order chi connectivity index (χ0) is 15.2. The summed E-state index contributed by atoms with van der Waals surface area (Å²) in [6.07, 6.45) is 9.62. The van der Waals surface area contributed by atoms with Crippen molar-refractivity contribution in [3.8, 4) is 12.3 Å². The number of carboxylic acid groups (broad SMARTS) is 1. The minimum absolute atomic E-state index is 0.291. The van der Waals surface area contributed by atoms with E-state index in [0.717, 1.165) is 19.3 Å². The lowest BCUT2D eigenvalue weighted by Crippen LogP contribution is -2.60. The molecule has 112 valence electrons. The Labute approximate surface area is 120 Å². The Morgan fingerprint density at radius 2 is 2.25 bits per heavy atom. The normalized spacial score (nSPS) is 27.1. The van der Waals surface area contributed by atoms with Gasteiger partial charge in [0.2, 0.25) is 0 Å². The summed E-state index contributed by atoms with van der Waals surface area (Å²) in [4.78, 5) is 23.5. The molecule has 1 aliphatic rings. The number of carbonyl (C=O) groups excluding carboxylic acids is 1. The van der Waals surface area contributed by atoms with E-state index in [0.29, 0.717) is 25.2 Å². The first-order valence-corrected chi connectivity index (χ1v) is 7.21. The van der Waals surface area contributed by atoms with Crippen LogP contribution in [0.25, 0.3) is 0 Å². The molecule has 0 heterocycles. The van der Waals surface area contributed by atoms with Crippen LogP contribution >= 0.6 is 0 Å². The van der Waals surface area contributed by atoms with Gasteiger partial charge in [0.05, 0.1) is 6.04 Å². The molecule has 0 radical (unpaired) electrons. The zero-order valence-electron chi connectivity index (χ0n) is 12.2. The number of amides is 2. The largest absolute Gasteiger partial charge is 0.480 e. The number of carbonyl (C=O) groups is 2. The fourth-order valence-electron chi connectivity index (χ4n) is 2.81. The molecule has 0 aromatic carbocycles. The van der Waals surface area contributed by atoms with E-state index in [-0.39, 0.29) is 6.04 Å². The Morgan fingerprint density at radius 1 is 1.55 bits per heavy atom. The van der Waals surface area contributed by atoms with E-state index in [2.05, 4.69) is 16.6 Å². The summed E-state index contributed by atoms with van der Waals surface area (Å²) in [5, 5.41) is 14.8. The molecule has 5 nitrogen and oxygen atoms in total. The molecular weight excluding hydrogens is 256 g/mol. The molecule has 1 aliphatic carbocycles. The van der Waals surface area contributed by atoms with Crippen LogP contribution in [0.3, 0.4) is 0 Å². The zero-order valence-corrected chi connectivity index (χ0v) is 12.2. The fourth-order valence-corrected chi connectivity index (χ4v) is 2.81.